The van der Waals surface area contributed by atoms with E-state index in [1.807, 2.05) is 0 Å². The molecule has 1 saturated carbocycles. The number of rotatable bonds is 4. The molecule has 3 aliphatic rings. The fourth-order valence-electron chi connectivity index (χ4n) is 4.72. The van der Waals surface area contributed by atoms with Crippen LogP contribution < -0.4 is 10.4 Å². The van der Waals surface area contributed by atoms with Crippen molar-refractivity contribution in [3.63, 3.8) is 0 Å². The van der Waals surface area contributed by atoms with Crippen LogP contribution >= 0.6 is 0 Å². The molecule has 2 saturated heterocycles. The molecule has 0 spiro atoms. The van der Waals surface area contributed by atoms with Crippen LogP contribution in [0.3, 0.4) is 0 Å². The Hall–Kier alpha value is -1.18. The Balaban J connectivity index is 1.63. The van der Waals surface area contributed by atoms with Gasteiger partial charge in [0.25, 0.3) is 0 Å². The number of nitrogens with zero attached hydrogens (tertiary/aromatic N) is 2. The van der Waals surface area contributed by atoms with Gasteiger partial charge < -0.3 is 20.0 Å². The Bertz CT molecular complexity index is 478. The average Bonchev–Trinajstić information content (AvgIpc) is 2.94. The minimum Gasteiger partial charge on any atom is -0.550 e. The molecule has 24 heavy (non-hydrogen) atoms. The van der Waals surface area contributed by atoms with E-state index in [4.69, 9.17) is 4.74 Å². The average molecular weight is 339 g/mol. The molecule has 3 fully saturated rings. The van der Waals surface area contributed by atoms with Gasteiger partial charge in [0.05, 0.1) is 13.2 Å². The molecule has 2 N–H and O–H groups in total. The number of likely N-dealkylation sites (N-methyl/N-ethyl adjacent to an activating group) is 1. The van der Waals surface area contributed by atoms with Crippen LogP contribution in [0, 0.1) is 11.8 Å². The lowest BCUT2D eigenvalue weighted by atomic mass is 9.81. The molecule has 1 aliphatic carbocycles. The molecule has 7 heteroatoms. The van der Waals surface area contributed by atoms with Gasteiger partial charge in [-0.25, -0.2) is 4.90 Å². The van der Waals surface area contributed by atoms with Crippen molar-refractivity contribution in [3.05, 3.63) is 0 Å². The predicted molar refractivity (Wildman–Crippen MR) is 84.6 cm³/mol. The number of carbonyl (C=O) groups excluding carboxylic acids is 2. The summed E-state index contributed by atoms with van der Waals surface area (Å²) in [7, 11) is 3.60. The number of nitrogens with two attached hydrogens (primary N) is 1. The Labute approximate surface area is 143 Å². The molecule has 2 heterocycles. The third-order valence-corrected chi connectivity index (χ3v) is 6.26. The van der Waals surface area contributed by atoms with E-state index in [1.165, 1.54) is 7.11 Å². The second-order valence-electron chi connectivity index (χ2n) is 7.67. The number of methoxy groups -OCH3 is 1. The van der Waals surface area contributed by atoms with Gasteiger partial charge in [-0.1, -0.05) is 0 Å². The Morgan fingerprint density at radius 2 is 1.96 bits per heavy atom. The number of ether oxygens (including phenoxy) is 1. The molecule has 2 aliphatic heterocycles. The van der Waals surface area contributed by atoms with Gasteiger partial charge >= 0.3 is 5.97 Å². The SMILES string of the molecule is COC(=O)[C@@H]1CC2[NH2+]CN(C)C2CN1CC1CCC(C(=O)[O-])CC1. The number of fused-ring (bicyclic) bond motifs is 1. The van der Waals surface area contributed by atoms with E-state index in [2.05, 4.69) is 22.2 Å². The summed E-state index contributed by atoms with van der Waals surface area (Å²) in [4.78, 5) is 27.9. The van der Waals surface area contributed by atoms with Crippen LogP contribution in [0.4, 0.5) is 0 Å². The lowest BCUT2D eigenvalue weighted by Gasteiger charge is -2.42. The van der Waals surface area contributed by atoms with Crippen LogP contribution in [0.2, 0.25) is 0 Å². The van der Waals surface area contributed by atoms with Gasteiger partial charge in [0.15, 0.2) is 0 Å². The predicted octanol–water partition coefficient (Wildman–Crippen LogP) is -2.01. The van der Waals surface area contributed by atoms with Crippen LogP contribution in [-0.2, 0) is 14.3 Å². The molecule has 0 bridgehead atoms. The molecule has 2 unspecified atom stereocenters. The summed E-state index contributed by atoms with van der Waals surface area (Å²) >= 11 is 0. The maximum Gasteiger partial charge on any atom is 0.323 e. The molecule has 0 radical (unpaired) electrons. The van der Waals surface area contributed by atoms with Gasteiger partial charge in [-0.15, -0.1) is 0 Å². The first-order valence-electron chi connectivity index (χ1n) is 9.06. The summed E-state index contributed by atoms with van der Waals surface area (Å²) in [6.45, 7) is 2.72. The molecule has 7 nitrogen and oxygen atoms in total. The zero-order valence-electron chi connectivity index (χ0n) is 14.6. The fraction of sp³-hybridized carbons (Fsp3) is 0.882. The number of esters is 1. The molecule has 0 aromatic heterocycles. The number of carboxylic acid groups (broad SMARTS) is 1. The molecule has 0 aromatic carbocycles. The number of carbonyl (C=O) groups is 2. The molecule has 0 aromatic rings. The highest BCUT2D eigenvalue weighted by molar-refractivity contribution is 5.76. The highest BCUT2D eigenvalue weighted by Crippen LogP contribution is 2.31. The van der Waals surface area contributed by atoms with Crippen LogP contribution in [-0.4, -0.2) is 73.8 Å². The maximum atomic E-state index is 12.3. The molecular weight excluding hydrogens is 310 g/mol. The summed E-state index contributed by atoms with van der Waals surface area (Å²) in [6, 6.07) is 0.771. The zero-order valence-corrected chi connectivity index (χ0v) is 14.6. The van der Waals surface area contributed by atoms with Crippen LogP contribution in [0.25, 0.3) is 0 Å². The monoisotopic (exact) mass is 339 g/mol. The molecule has 0 amide bonds. The second kappa shape index (κ2) is 7.37. The fourth-order valence-corrected chi connectivity index (χ4v) is 4.72. The minimum atomic E-state index is -0.912. The Kier molecular flexibility index (Phi) is 5.42. The van der Waals surface area contributed by atoms with Gasteiger partial charge in [0.2, 0.25) is 0 Å². The van der Waals surface area contributed by atoms with Gasteiger partial charge in [-0.3, -0.25) is 9.69 Å². The molecule has 3 atom stereocenters. The number of quaternary nitrogens is 1. The van der Waals surface area contributed by atoms with Crippen LogP contribution in [0.5, 0.6) is 0 Å². The minimum absolute atomic E-state index is 0.139. The van der Waals surface area contributed by atoms with Gasteiger partial charge in [-0.05, 0) is 44.6 Å². The molecule has 3 rings (SSSR count). The first-order valence-corrected chi connectivity index (χ1v) is 9.06. The van der Waals surface area contributed by atoms with E-state index in [9.17, 15) is 14.7 Å². The molecule has 136 valence electrons. The van der Waals surface area contributed by atoms with Gasteiger partial charge in [-0.2, -0.15) is 0 Å². The number of hydrogen-bond donors (Lipinski definition) is 1. The van der Waals surface area contributed by atoms with E-state index >= 15 is 0 Å². The maximum absolute atomic E-state index is 12.3. The van der Waals surface area contributed by atoms with Crippen molar-refractivity contribution in [1.82, 2.24) is 9.80 Å². The largest absolute Gasteiger partial charge is 0.550 e. The lowest BCUT2D eigenvalue weighted by Crippen LogP contribution is -2.89. The smallest absolute Gasteiger partial charge is 0.323 e. The van der Waals surface area contributed by atoms with Gasteiger partial charge in [0.1, 0.15) is 18.8 Å². The zero-order chi connectivity index (χ0) is 17.3. The van der Waals surface area contributed by atoms with Crippen molar-refractivity contribution < 1.29 is 24.7 Å². The normalized spacial score (nSPS) is 37.8. The highest BCUT2D eigenvalue weighted by Gasteiger charge is 2.46. The van der Waals surface area contributed by atoms with Crippen molar-refractivity contribution >= 4 is 11.9 Å². The van der Waals surface area contributed by atoms with Crippen molar-refractivity contribution in [2.45, 2.75) is 50.2 Å². The van der Waals surface area contributed by atoms with Crippen molar-refractivity contribution in [2.24, 2.45) is 11.8 Å². The van der Waals surface area contributed by atoms with E-state index < -0.39 is 5.97 Å². The third-order valence-electron chi connectivity index (χ3n) is 6.26. The summed E-state index contributed by atoms with van der Waals surface area (Å²) in [5.41, 5.74) is 0. The van der Waals surface area contributed by atoms with Gasteiger partial charge in [0, 0.05) is 25.5 Å². The quantitative estimate of drug-likeness (QED) is 0.596. The van der Waals surface area contributed by atoms with Crippen molar-refractivity contribution in [1.29, 1.82) is 0 Å². The number of likely N-dealkylation sites (tertiary alicyclic amines) is 1. The Morgan fingerprint density at radius 3 is 2.58 bits per heavy atom. The van der Waals surface area contributed by atoms with E-state index in [0.29, 0.717) is 30.8 Å². The van der Waals surface area contributed by atoms with E-state index in [-0.39, 0.29) is 17.9 Å². The topological polar surface area (TPSA) is 89.5 Å². The third kappa shape index (κ3) is 3.58. The molecular formula is C17H29N3O4. The van der Waals surface area contributed by atoms with Crippen LogP contribution in [0.15, 0.2) is 0 Å². The van der Waals surface area contributed by atoms with Crippen molar-refractivity contribution in [3.8, 4) is 0 Å². The first kappa shape index (κ1) is 17.6. The van der Waals surface area contributed by atoms with E-state index in [1.54, 1.807) is 0 Å². The van der Waals surface area contributed by atoms with E-state index in [0.717, 1.165) is 39.0 Å². The standard InChI is InChI=1S/C17H29N3O4/c1-19-10-18-13-7-14(17(23)24-2)20(9-15(13)19)8-11-3-5-12(6-4-11)16(21)22/h11-15,18H,3-10H2,1-2H3,(H,21,22)/t11?,12?,13?,14-,15?/m0/s1. The number of aliphatic carboxylic acids is 1. The van der Waals surface area contributed by atoms with Crippen molar-refractivity contribution in [2.75, 3.05) is 33.9 Å². The highest BCUT2D eigenvalue weighted by atomic mass is 16.5. The summed E-state index contributed by atoms with van der Waals surface area (Å²) in [6.07, 6.45) is 4.03. The summed E-state index contributed by atoms with van der Waals surface area (Å²) in [5, 5.41) is 13.3. The lowest BCUT2D eigenvalue weighted by molar-refractivity contribution is -0.678. The second-order valence-corrected chi connectivity index (χ2v) is 7.67. The van der Waals surface area contributed by atoms with Crippen LogP contribution in [0.1, 0.15) is 32.1 Å². The summed E-state index contributed by atoms with van der Waals surface area (Å²) < 4.78 is 5.04. The number of hydrogen-bond acceptors (Lipinski definition) is 6. The Morgan fingerprint density at radius 1 is 1.25 bits per heavy atom. The number of piperidine rings is 1. The number of carboxylic acids is 1. The first-order chi connectivity index (χ1) is 11.5. The summed E-state index contributed by atoms with van der Waals surface area (Å²) in [5.74, 6) is -0.886.